The zero-order valence-electron chi connectivity index (χ0n) is 12.1. The minimum Gasteiger partial charge on any atom is -0.409 e. The van der Waals surface area contributed by atoms with Gasteiger partial charge in [0.15, 0.2) is 5.84 Å². The van der Waals surface area contributed by atoms with Crippen LogP contribution in [0.1, 0.15) is 31.5 Å². The first-order valence-corrected chi connectivity index (χ1v) is 6.68. The van der Waals surface area contributed by atoms with E-state index >= 15 is 0 Å². The molecule has 6 heteroatoms. The fourth-order valence-electron chi connectivity index (χ4n) is 2.72. The second kappa shape index (κ2) is 5.76. The Bertz CT molecular complexity index is 502. The van der Waals surface area contributed by atoms with Gasteiger partial charge in [0.25, 0.3) is 0 Å². The molecule has 1 aliphatic rings. The Morgan fingerprint density at radius 3 is 3.00 bits per heavy atom. The second-order valence-electron chi connectivity index (χ2n) is 5.71. The Hall–Kier alpha value is -1.66. The molecule has 1 fully saturated rings. The summed E-state index contributed by atoms with van der Waals surface area (Å²) in [5, 5.41) is 15.3. The molecule has 0 aliphatic heterocycles. The third kappa shape index (κ3) is 2.62. The molecule has 0 aromatic carbocycles. The molecule has 4 N–H and O–H groups in total. The summed E-state index contributed by atoms with van der Waals surface area (Å²) in [5.74, 6) is 0.0324. The van der Waals surface area contributed by atoms with Gasteiger partial charge in [0.1, 0.15) is 5.69 Å². The molecule has 0 radical (unpaired) electrons. The SMILES string of the molecule is COC1CC(NCc2cccnc2/C(N)=N/O)C1(C)C. The summed E-state index contributed by atoms with van der Waals surface area (Å²) < 4.78 is 5.44. The predicted molar refractivity (Wildman–Crippen MR) is 76.6 cm³/mol. The maximum absolute atomic E-state index is 8.78. The number of oxime groups is 1. The maximum atomic E-state index is 8.78. The van der Waals surface area contributed by atoms with Crippen LogP contribution in [0.25, 0.3) is 0 Å². The molecule has 1 saturated carbocycles. The van der Waals surface area contributed by atoms with E-state index in [1.54, 1.807) is 13.3 Å². The number of amidine groups is 1. The van der Waals surface area contributed by atoms with E-state index < -0.39 is 0 Å². The first kappa shape index (κ1) is 14.7. The molecule has 1 aromatic heterocycles. The van der Waals surface area contributed by atoms with Crippen LogP contribution < -0.4 is 11.1 Å². The van der Waals surface area contributed by atoms with Crippen LogP contribution in [-0.4, -0.2) is 35.3 Å². The lowest BCUT2D eigenvalue weighted by atomic mass is 9.64. The number of ether oxygens (including phenoxy) is 1. The number of rotatable bonds is 5. The first-order chi connectivity index (χ1) is 9.50. The second-order valence-corrected chi connectivity index (χ2v) is 5.71. The summed E-state index contributed by atoms with van der Waals surface area (Å²) in [6.07, 6.45) is 2.91. The third-order valence-corrected chi connectivity index (χ3v) is 4.24. The van der Waals surface area contributed by atoms with Gasteiger partial charge in [0.05, 0.1) is 6.10 Å². The molecule has 110 valence electrons. The summed E-state index contributed by atoms with van der Waals surface area (Å²) in [5.41, 5.74) is 7.17. The number of nitrogens with two attached hydrogens (primary N) is 1. The van der Waals surface area contributed by atoms with Crippen LogP contribution in [0, 0.1) is 5.41 Å². The molecule has 2 unspecified atom stereocenters. The van der Waals surface area contributed by atoms with Crippen molar-refractivity contribution in [3.63, 3.8) is 0 Å². The summed E-state index contributed by atoms with van der Waals surface area (Å²) in [4.78, 5) is 4.16. The number of nitrogens with zero attached hydrogens (tertiary/aromatic N) is 2. The van der Waals surface area contributed by atoms with E-state index in [0.717, 1.165) is 12.0 Å². The van der Waals surface area contributed by atoms with Gasteiger partial charge in [-0.05, 0) is 18.1 Å². The molecule has 0 amide bonds. The Kier molecular flexibility index (Phi) is 4.25. The number of aromatic nitrogens is 1. The molecular formula is C14H22N4O2. The lowest BCUT2D eigenvalue weighted by Gasteiger charge is -2.51. The van der Waals surface area contributed by atoms with Crippen molar-refractivity contribution < 1.29 is 9.94 Å². The van der Waals surface area contributed by atoms with Crippen LogP contribution >= 0.6 is 0 Å². The van der Waals surface area contributed by atoms with Crippen LogP contribution in [0.2, 0.25) is 0 Å². The van der Waals surface area contributed by atoms with Gasteiger partial charge >= 0.3 is 0 Å². The van der Waals surface area contributed by atoms with Gasteiger partial charge in [0, 0.05) is 31.3 Å². The van der Waals surface area contributed by atoms with Crippen molar-refractivity contribution in [1.29, 1.82) is 0 Å². The number of hydrogen-bond acceptors (Lipinski definition) is 5. The Labute approximate surface area is 119 Å². The highest BCUT2D eigenvalue weighted by Gasteiger charge is 2.48. The van der Waals surface area contributed by atoms with Crippen molar-refractivity contribution in [2.45, 2.75) is 39.0 Å². The highest BCUT2D eigenvalue weighted by atomic mass is 16.5. The molecule has 20 heavy (non-hydrogen) atoms. The number of methoxy groups -OCH3 is 1. The van der Waals surface area contributed by atoms with Gasteiger partial charge in [-0.15, -0.1) is 0 Å². The highest BCUT2D eigenvalue weighted by Crippen LogP contribution is 2.42. The summed E-state index contributed by atoms with van der Waals surface area (Å²) >= 11 is 0. The molecule has 0 saturated heterocycles. The molecule has 2 rings (SSSR count). The van der Waals surface area contributed by atoms with Gasteiger partial charge < -0.3 is 21.0 Å². The van der Waals surface area contributed by atoms with Gasteiger partial charge in [-0.3, -0.25) is 4.98 Å². The van der Waals surface area contributed by atoms with E-state index in [-0.39, 0.29) is 17.4 Å². The van der Waals surface area contributed by atoms with E-state index in [1.807, 2.05) is 12.1 Å². The monoisotopic (exact) mass is 278 g/mol. The third-order valence-electron chi connectivity index (χ3n) is 4.24. The molecule has 1 aliphatic carbocycles. The van der Waals surface area contributed by atoms with Crippen molar-refractivity contribution in [3.8, 4) is 0 Å². The van der Waals surface area contributed by atoms with Gasteiger partial charge in [-0.1, -0.05) is 25.1 Å². The van der Waals surface area contributed by atoms with Crippen molar-refractivity contribution in [1.82, 2.24) is 10.3 Å². The Morgan fingerprint density at radius 1 is 1.65 bits per heavy atom. The lowest BCUT2D eigenvalue weighted by molar-refractivity contribution is -0.0979. The topological polar surface area (TPSA) is 92.8 Å². The molecule has 2 atom stereocenters. The summed E-state index contributed by atoms with van der Waals surface area (Å²) in [6, 6.07) is 4.15. The predicted octanol–water partition coefficient (Wildman–Crippen LogP) is 1.08. The van der Waals surface area contributed by atoms with Crippen molar-refractivity contribution in [2.24, 2.45) is 16.3 Å². The fraction of sp³-hybridized carbons (Fsp3) is 0.571. The summed E-state index contributed by atoms with van der Waals surface area (Å²) in [6.45, 7) is 5.01. The smallest absolute Gasteiger partial charge is 0.189 e. The van der Waals surface area contributed by atoms with E-state index in [4.69, 9.17) is 15.7 Å². The maximum Gasteiger partial charge on any atom is 0.189 e. The van der Waals surface area contributed by atoms with Crippen LogP contribution in [0.5, 0.6) is 0 Å². The van der Waals surface area contributed by atoms with Crippen LogP contribution in [-0.2, 0) is 11.3 Å². The normalized spacial score (nSPS) is 25.2. The number of pyridine rings is 1. The van der Waals surface area contributed by atoms with Crippen LogP contribution in [0.4, 0.5) is 0 Å². The van der Waals surface area contributed by atoms with Crippen LogP contribution in [0.15, 0.2) is 23.5 Å². The number of hydrogen-bond donors (Lipinski definition) is 3. The fourth-order valence-corrected chi connectivity index (χ4v) is 2.72. The molecule has 0 bridgehead atoms. The van der Waals surface area contributed by atoms with E-state index in [1.165, 1.54) is 0 Å². The molecule has 1 heterocycles. The molecular weight excluding hydrogens is 256 g/mol. The molecule has 1 aromatic rings. The van der Waals surface area contributed by atoms with Crippen LogP contribution in [0.3, 0.4) is 0 Å². The standard InChI is InChI=1S/C14H22N4O2/c1-14(2)10(7-11(14)20-3)17-8-9-5-4-6-16-12(9)13(15)18-19/h4-6,10-11,17,19H,7-8H2,1-3H3,(H2,15,18). The molecule has 0 spiro atoms. The van der Waals surface area contributed by atoms with Gasteiger partial charge in [-0.25, -0.2) is 0 Å². The first-order valence-electron chi connectivity index (χ1n) is 6.68. The zero-order chi connectivity index (χ0) is 14.8. The van der Waals surface area contributed by atoms with E-state index in [0.29, 0.717) is 18.3 Å². The van der Waals surface area contributed by atoms with Crippen molar-refractivity contribution in [3.05, 3.63) is 29.6 Å². The van der Waals surface area contributed by atoms with Gasteiger partial charge in [-0.2, -0.15) is 0 Å². The zero-order valence-corrected chi connectivity index (χ0v) is 12.1. The highest BCUT2D eigenvalue weighted by molar-refractivity contribution is 5.96. The minimum absolute atomic E-state index is 0.0324. The van der Waals surface area contributed by atoms with E-state index in [9.17, 15) is 0 Å². The van der Waals surface area contributed by atoms with Gasteiger partial charge in [0.2, 0.25) is 0 Å². The lowest BCUT2D eigenvalue weighted by Crippen LogP contribution is -2.60. The average molecular weight is 278 g/mol. The largest absolute Gasteiger partial charge is 0.409 e. The van der Waals surface area contributed by atoms with Crippen molar-refractivity contribution >= 4 is 5.84 Å². The summed E-state index contributed by atoms with van der Waals surface area (Å²) in [7, 11) is 1.75. The van der Waals surface area contributed by atoms with E-state index in [2.05, 4.69) is 29.3 Å². The quantitative estimate of drug-likeness (QED) is 0.324. The van der Waals surface area contributed by atoms with Crippen molar-refractivity contribution in [2.75, 3.05) is 7.11 Å². The minimum atomic E-state index is 0.0324. The number of nitrogens with one attached hydrogen (secondary N) is 1. The molecule has 6 nitrogen and oxygen atoms in total. The Morgan fingerprint density at radius 2 is 2.40 bits per heavy atom. The Balaban J connectivity index is 2.03. The average Bonchev–Trinajstić information content (AvgIpc) is 2.46.